The van der Waals surface area contributed by atoms with E-state index < -0.39 is 0 Å². The van der Waals surface area contributed by atoms with Crippen molar-refractivity contribution < 1.29 is 0 Å². The predicted octanol–water partition coefficient (Wildman–Crippen LogP) is 4.08. The number of unbranched alkanes of at least 4 members (excludes halogenated alkanes) is 1. The highest BCUT2D eigenvalue weighted by molar-refractivity contribution is 7.12. The van der Waals surface area contributed by atoms with E-state index in [-0.39, 0.29) is 5.54 Å². The first-order chi connectivity index (χ1) is 7.38. The predicted molar refractivity (Wildman–Crippen MR) is 74.5 cm³/mol. The molecule has 0 saturated carbocycles. The Hall–Kier alpha value is -0.340. The van der Waals surface area contributed by atoms with Crippen LogP contribution in [0.25, 0.3) is 0 Å². The summed E-state index contributed by atoms with van der Waals surface area (Å²) >= 11 is 1.96. The summed E-state index contributed by atoms with van der Waals surface area (Å²) < 4.78 is 0. The zero-order valence-electron chi connectivity index (χ0n) is 11.3. The second-order valence-corrected chi connectivity index (χ2v) is 6.94. The molecule has 0 bridgehead atoms. The minimum Gasteiger partial charge on any atom is -0.312 e. The van der Waals surface area contributed by atoms with Crippen molar-refractivity contribution in [1.82, 2.24) is 5.32 Å². The highest BCUT2D eigenvalue weighted by Gasteiger charge is 2.07. The third kappa shape index (κ3) is 5.13. The zero-order chi connectivity index (χ0) is 12.2. The third-order valence-corrected chi connectivity index (χ3v) is 3.84. The smallest absolute Gasteiger partial charge is 0.00965 e. The van der Waals surface area contributed by atoms with Crippen LogP contribution >= 0.6 is 11.3 Å². The molecule has 1 rings (SSSR count). The first-order valence-electron chi connectivity index (χ1n) is 6.19. The molecule has 0 saturated heterocycles. The van der Waals surface area contributed by atoms with Gasteiger partial charge in [0, 0.05) is 15.3 Å². The molecular weight excluding hydrogens is 214 g/mol. The Balaban J connectivity index is 2.19. The summed E-state index contributed by atoms with van der Waals surface area (Å²) in [5.74, 6) is 0. The molecule has 1 nitrogen and oxygen atoms in total. The van der Waals surface area contributed by atoms with Gasteiger partial charge in [-0.05, 0) is 72.1 Å². The quantitative estimate of drug-likeness (QED) is 0.764. The van der Waals surface area contributed by atoms with Crippen LogP contribution in [0, 0.1) is 13.8 Å². The van der Waals surface area contributed by atoms with Crippen LogP contribution in [-0.4, -0.2) is 12.1 Å². The van der Waals surface area contributed by atoms with E-state index in [4.69, 9.17) is 0 Å². The first-order valence-corrected chi connectivity index (χ1v) is 7.01. The molecule has 0 spiro atoms. The van der Waals surface area contributed by atoms with Crippen LogP contribution in [0.15, 0.2) is 6.07 Å². The molecule has 1 aromatic heterocycles. The normalized spacial score (nSPS) is 12.1. The molecule has 16 heavy (non-hydrogen) atoms. The van der Waals surface area contributed by atoms with Crippen LogP contribution < -0.4 is 5.32 Å². The molecule has 0 aliphatic carbocycles. The number of rotatable bonds is 5. The van der Waals surface area contributed by atoms with E-state index in [1.807, 2.05) is 11.3 Å². The highest BCUT2D eigenvalue weighted by atomic mass is 32.1. The molecule has 0 aliphatic heterocycles. The Bertz CT molecular complexity index is 320. The van der Waals surface area contributed by atoms with Crippen LogP contribution in [-0.2, 0) is 6.42 Å². The fourth-order valence-corrected chi connectivity index (χ4v) is 2.90. The van der Waals surface area contributed by atoms with E-state index in [2.05, 4.69) is 46.0 Å². The van der Waals surface area contributed by atoms with Gasteiger partial charge in [-0.2, -0.15) is 0 Å². The number of aryl methyl sites for hydroxylation is 3. The molecular formula is C14H25NS. The molecule has 1 heterocycles. The van der Waals surface area contributed by atoms with Crippen molar-refractivity contribution >= 4 is 11.3 Å². The fourth-order valence-electron chi connectivity index (χ4n) is 1.81. The Morgan fingerprint density at radius 2 is 1.88 bits per heavy atom. The molecule has 92 valence electrons. The van der Waals surface area contributed by atoms with Crippen molar-refractivity contribution in [2.75, 3.05) is 6.54 Å². The molecule has 0 aliphatic rings. The summed E-state index contributed by atoms with van der Waals surface area (Å²) in [6.45, 7) is 12.2. The lowest BCUT2D eigenvalue weighted by atomic mass is 10.1. The van der Waals surface area contributed by atoms with E-state index in [0.717, 1.165) is 6.54 Å². The second-order valence-electron chi connectivity index (χ2n) is 5.60. The van der Waals surface area contributed by atoms with Crippen molar-refractivity contribution in [1.29, 1.82) is 0 Å². The van der Waals surface area contributed by atoms with E-state index in [0.29, 0.717) is 0 Å². The minimum atomic E-state index is 0.259. The lowest BCUT2D eigenvalue weighted by Crippen LogP contribution is -2.36. The SMILES string of the molecule is Cc1cc(C)c(CCCCNC(C)(C)C)s1. The van der Waals surface area contributed by atoms with Crippen molar-refractivity contribution in [2.45, 2.75) is 59.4 Å². The van der Waals surface area contributed by atoms with Gasteiger partial charge in [-0.15, -0.1) is 11.3 Å². The van der Waals surface area contributed by atoms with Gasteiger partial charge in [0.25, 0.3) is 0 Å². The van der Waals surface area contributed by atoms with Crippen LogP contribution in [0.3, 0.4) is 0 Å². The van der Waals surface area contributed by atoms with Gasteiger partial charge < -0.3 is 5.32 Å². The van der Waals surface area contributed by atoms with Crippen LogP contribution in [0.4, 0.5) is 0 Å². The lowest BCUT2D eigenvalue weighted by Gasteiger charge is -2.20. The van der Waals surface area contributed by atoms with Crippen molar-refractivity contribution in [3.05, 3.63) is 21.4 Å². The molecule has 1 aromatic rings. The summed E-state index contributed by atoms with van der Waals surface area (Å²) in [7, 11) is 0. The molecule has 0 atom stereocenters. The zero-order valence-corrected chi connectivity index (χ0v) is 12.1. The Morgan fingerprint density at radius 1 is 1.19 bits per heavy atom. The van der Waals surface area contributed by atoms with Crippen LogP contribution in [0.2, 0.25) is 0 Å². The average molecular weight is 239 g/mol. The second kappa shape index (κ2) is 5.83. The molecule has 2 heteroatoms. The van der Waals surface area contributed by atoms with Crippen LogP contribution in [0.5, 0.6) is 0 Å². The Morgan fingerprint density at radius 3 is 2.38 bits per heavy atom. The van der Waals surface area contributed by atoms with E-state index in [1.165, 1.54) is 29.7 Å². The summed E-state index contributed by atoms with van der Waals surface area (Å²) in [6, 6.07) is 2.30. The Kier molecular flexibility index (Phi) is 5.00. The largest absolute Gasteiger partial charge is 0.312 e. The van der Waals surface area contributed by atoms with Gasteiger partial charge in [0.1, 0.15) is 0 Å². The van der Waals surface area contributed by atoms with E-state index in [9.17, 15) is 0 Å². The standard InChI is InChI=1S/C14H25NS/c1-11-10-12(2)16-13(11)8-6-7-9-15-14(3,4)5/h10,15H,6-9H2,1-5H3. The minimum absolute atomic E-state index is 0.259. The number of hydrogen-bond donors (Lipinski definition) is 1. The van der Waals surface area contributed by atoms with Crippen molar-refractivity contribution in [2.24, 2.45) is 0 Å². The van der Waals surface area contributed by atoms with E-state index in [1.54, 1.807) is 4.88 Å². The maximum absolute atomic E-state index is 3.53. The lowest BCUT2D eigenvalue weighted by molar-refractivity contribution is 0.419. The maximum Gasteiger partial charge on any atom is 0.00965 e. The molecule has 0 unspecified atom stereocenters. The molecule has 1 N–H and O–H groups in total. The van der Waals surface area contributed by atoms with Crippen molar-refractivity contribution in [3.63, 3.8) is 0 Å². The van der Waals surface area contributed by atoms with Gasteiger partial charge in [0.2, 0.25) is 0 Å². The average Bonchev–Trinajstić information content (AvgIpc) is 2.42. The summed E-state index contributed by atoms with van der Waals surface area (Å²) in [5, 5.41) is 3.53. The first kappa shape index (κ1) is 13.7. The maximum atomic E-state index is 3.53. The van der Waals surface area contributed by atoms with E-state index >= 15 is 0 Å². The van der Waals surface area contributed by atoms with Crippen molar-refractivity contribution in [3.8, 4) is 0 Å². The highest BCUT2D eigenvalue weighted by Crippen LogP contribution is 2.22. The monoisotopic (exact) mass is 239 g/mol. The molecule has 0 fully saturated rings. The molecule has 0 amide bonds. The molecule has 0 aromatic carbocycles. The van der Waals surface area contributed by atoms with Gasteiger partial charge in [0.15, 0.2) is 0 Å². The number of thiophene rings is 1. The van der Waals surface area contributed by atoms with Crippen LogP contribution in [0.1, 0.15) is 48.9 Å². The van der Waals surface area contributed by atoms with Gasteiger partial charge >= 0.3 is 0 Å². The third-order valence-electron chi connectivity index (χ3n) is 2.63. The Labute approximate surface area is 104 Å². The fraction of sp³-hybridized carbons (Fsp3) is 0.714. The van der Waals surface area contributed by atoms with Gasteiger partial charge in [-0.3, -0.25) is 0 Å². The molecule has 0 radical (unpaired) electrons. The topological polar surface area (TPSA) is 12.0 Å². The summed E-state index contributed by atoms with van der Waals surface area (Å²) in [6.07, 6.45) is 3.81. The summed E-state index contributed by atoms with van der Waals surface area (Å²) in [5.41, 5.74) is 1.74. The summed E-state index contributed by atoms with van der Waals surface area (Å²) in [4.78, 5) is 3.02. The number of hydrogen-bond acceptors (Lipinski definition) is 2. The van der Waals surface area contributed by atoms with Gasteiger partial charge in [-0.25, -0.2) is 0 Å². The van der Waals surface area contributed by atoms with Gasteiger partial charge in [0.05, 0.1) is 0 Å². The number of nitrogens with one attached hydrogen (secondary N) is 1. The van der Waals surface area contributed by atoms with Gasteiger partial charge in [-0.1, -0.05) is 0 Å².